The molecule has 0 unspecified atom stereocenters. The van der Waals surface area contributed by atoms with Crippen LogP contribution in [0.15, 0.2) is 30.3 Å². The molecular weight excluding hydrogens is 284 g/mol. The minimum Gasteiger partial charge on any atom is -0.503 e. The lowest BCUT2D eigenvalue weighted by Crippen LogP contribution is -2.10. The van der Waals surface area contributed by atoms with E-state index in [1.54, 1.807) is 6.07 Å². The molecule has 0 aliphatic rings. The van der Waals surface area contributed by atoms with Gasteiger partial charge in [-0.1, -0.05) is 70.5 Å². The Labute approximate surface area is 131 Å². The summed E-state index contributed by atoms with van der Waals surface area (Å²) < 4.78 is 0. The van der Waals surface area contributed by atoms with Crippen LogP contribution in [0.5, 0.6) is 5.75 Å². The average Bonchev–Trinajstić information content (AvgIpc) is 2.45. The maximum atomic E-state index is 9.51. The van der Waals surface area contributed by atoms with Crippen molar-refractivity contribution in [3.05, 3.63) is 41.0 Å². The monoisotopic (exact) mass is 306 g/mol. The van der Waals surface area contributed by atoms with Crippen molar-refractivity contribution in [3.63, 3.8) is 0 Å². The summed E-state index contributed by atoms with van der Waals surface area (Å²) in [6, 6.07) is 9.71. The van der Waals surface area contributed by atoms with Gasteiger partial charge in [-0.05, 0) is 17.0 Å². The maximum Gasteiger partial charge on any atom is 0.176 e. The highest BCUT2D eigenvalue weighted by molar-refractivity contribution is 6.31. The van der Waals surface area contributed by atoms with Crippen LogP contribution >= 0.6 is 11.6 Å². The summed E-state index contributed by atoms with van der Waals surface area (Å²) in [5.74, 6) is -0.170. The molecule has 0 saturated heterocycles. The molecule has 4 heteroatoms. The number of hydrogen-bond acceptors (Lipinski definition) is 3. The largest absolute Gasteiger partial charge is 0.503 e. The third kappa shape index (κ3) is 4.11. The van der Waals surface area contributed by atoms with Crippen molar-refractivity contribution in [2.75, 3.05) is 5.73 Å². The van der Waals surface area contributed by atoms with Crippen molar-refractivity contribution in [3.8, 4) is 17.0 Å². The Kier molecular flexibility index (Phi) is 5.62. The first-order chi connectivity index (χ1) is 9.79. The molecule has 0 spiro atoms. The summed E-state index contributed by atoms with van der Waals surface area (Å²) in [5, 5.41) is 9.53. The predicted octanol–water partition coefficient (Wildman–Crippen LogP) is 5.01. The Morgan fingerprint density at radius 2 is 1.62 bits per heavy atom. The number of aromatic hydroxyl groups is 1. The molecule has 0 aliphatic carbocycles. The highest BCUT2D eigenvalue weighted by atomic mass is 35.5. The fraction of sp³-hybridized carbons (Fsp3) is 0.353. The van der Waals surface area contributed by atoms with Gasteiger partial charge in [-0.15, -0.1) is 0 Å². The van der Waals surface area contributed by atoms with E-state index in [9.17, 15) is 5.11 Å². The molecule has 0 saturated carbocycles. The molecule has 21 heavy (non-hydrogen) atoms. The van der Waals surface area contributed by atoms with Crippen LogP contribution in [0, 0.1) is 0 Å². The number of rotatable bonds is 1. The molecule has 2 rings (SSSR count). The van der Waals surface area contributed by atoms with Gasteiger partial charge in [-0.25, -0.2) is 4.98 Å². The summed E-state index contributed by atoms with van der Waals surface area (Å²) in [6.45, 7) is 10.5. The third-order valence-electron chi connectivity index (χ3n) is 3.03. The van der Waals surface area contributed by atoms with Gasteiger partial charge in [0.2, 0.25) is 0 Å². The molecule has 1 aromatic heterocycles. The van der Waals surface area contributed by atoms with E-state index in [0.717, 1.165) is 5.56 Å². The van der Waals surface area contributed by atoms with Crippen LogP contribution in [0.1, 0.15) is 40.2 Å². The van der Waals surface area contributed by atoms with E-state index in [1.807, 2.05) is 26.0 Å². The molecule has 1 heterocycles. The summed E-state index contributed by atoms with van der Waals surface area (Å²) in [4.78, 5) is 4.13. The van der Waals surface area contributed by atoms with Crippen molar-refractivity contribution in [2.45, 2.75) is 40.0 Å². The van der Waals surface area contributed by atoms with Gasteiger partial charge in [-0.3, -0.25) is 0 Å². The highest BCUT2D eigenvalue weighted by Gasteiger charge is 2.14. The smallest absolute Gasteiger partial charge is 0.176 e. The van der Waals surface area contributed by atoms with E-state index in [-0.39, 0.29) is 22.0 Å². The first-order valence-corrected chi connectivity index (χ1v) is 7.43. The molecular formula is C17H23ClN2O. The average molecular weight is 307 g/mol. The lowest BCUT2D eigenvalue weighted by Gasteiger charge is -2.19. The minimum absolute atomic E-state index is 0.0231. The van der Waals surface area contributed by atoms with E-state index in [2.05, 4.69) is 37.9 Å². The molecule has 0 atom stereocenters. The van der Waals surface area contributed by atoms with Gasteiger partial charge in [0.15, 0.2) is 10.9 Å². The Balaban J connectivity index is 0.00000106. The van der Waals surface area contributed by atoms with Crippen LogP contribution in [-0.2, 0) is 5.41 Å². The molecule has 1 aromatic carbocycles. The molecule has 2 aromatic rings. The Bertz CT molecular complexity index is 578. The second kappa shape index (κ2) is 6.81. The quantitative estimate of drug-likeness (QED) is 0.728. The fourth-order valence-electron chi connectivity index (χ4n) is 1.81. The van der Waals surface area contributed by atoms with Crippen molar-refractivity contribution < 1.29 is 5.11 Å². The maximum absolute atomic E-state index is 9.51. The van der Waals surface area contributed by atoms with Gasteiger partial charge in [-0.2, -0.15) is 0 Å². The van der Waals surface area contributed by atoms with Crippen LogP contribution in [0.3, 0.4) is 0 Å². The van der Waals surface area contributed by atoms with Gasteiger partial charge in [0.25, 0.3) is 0 Å². The zero-order valence-corrected chi connectivity index (χ0v) is 14.0. The van der Waals surface area contributed by atoms with Gasteiger partial charge in [0.1, 0.15) is 0 Å². The van der Waals surface area contributed by atoms with Crippen LogP contribution < -0.4 is 5.73 Å². The van der Waals surface area contributed by atoms with Crippen molar-refractivity contribution in [1.29, 1.82) is 0 Å². The van der Waals surface area contributed by atoms with Crippen LogP contribution in [-0.4, -0.2) is 10.1 Å². The van der Waals surface area contributed by atoms with Crippen LogP contribution in [0.2, 0.25) is 5.15 Å². The van der Waals surface area contributed by atoms with E-state index in [4.69, 9.17) is 17.3 Å². The molecule has 0 amide bonds. The molecule has 0 bridgehead atoms. The van der Waals surface area contributed by atoms with Crippen molar-refractivity contribution in [2.24, 2.45) is 0 Å². The van der Waals surface area contributed by atoms with Gasteiger partial charge >= 0.3 is 0 Å². The minimum atomic E-state index is -0.170. The number of hydrogen-bond donors (Lipinski definition) is 2. The number of nitrogen functional groups attached to an aromatic ring is 1. The van der Waals surface area contributed by atoms with Gasteiger partial charge in [0, 0.05) is 5.56 Å². The Hall–Kier alpha value is -1.74. The first-order valence-electron chi connectivity index (χ1n) is 7.05. The number of halogens is 1. The Morgan fingerprint density at radius 3 is 2.05 bits per heavy atom. The van der Waals surface area contributed by atoms with Crippen molar-refractivity contribution in [1.82, 2.24) is 4.98 Å². The predicted molar refractivity (Wildman–Crippen MR) is 90.8 cm³/mol. The number of nitrogens with two attached hydrogens (primary N) is 1. The van der Waals surface area contributed by atoms with Crippen LogP contribution in [0.4, 0.5) is 5.69 Å². The lowest BCUT2D eigenvalue weighted by atomic mass is 9.86. The zero-order chi connectivity index (χ0) is 16.2. The summed E-state index contributed by atoms with van der Waals surface area (Å²) >= 11 is 5.83. The second-order valence-corrected chi connectivity index (χ2v) is 5.92. The topological polar surface area (TPSA) is 59.1 Å². The molecule has 3 N–H and O–H groups in total. The van der Waals surface area contributed by atoms with Crippen molar-refractivity contribution >= 4 is 17.3 Å². The molecule has 0 fully saturated rings. The molecule has 114 valence electrons. The highest BCUT2D eigenvalue weighted by Crippen LogP contribution is 2.32. The number of anilines is 1. The number of pyridine rings is 1. The van der Waals surface area contributed by atoms with Gasteiger partial charge < -0.3 is 10.8 Å². The SMILES string of the molecule is CC.CC(C)(C)c1ccc(-c2cc(N)c(O)c(Cl)n2)cc1. The first kappa shape index (κ1) is 17.3. The van der Waals surface area contributed by atoms with Gasteiger partial charge in [0.05, 0.1) is 11.4 Å². The lowest BCUT2D eigenvalue weighted by molar-refractivity contribution is 0.476. The summed E-state index contributed by atoms with van der Waals surface area (Å²) in [6.07, 6.45) is 0. The van der Waals surface area contributed by atoms with E-state index in [1.165, 1.54) is 5.56 Å². The van der Waals surface area contributed by atoms with Crippen LogP contribution in [0.25, 0.3) is 11.3 Å². The molecule has 3 nitrogen and oxygen atoms in total. The standard InChI is InChI=1S/C15H17ClN2O.C2H6/c1-15(2,3)10-6-4-9(5-7-10)12-8-11(17)13(19)14(16)18-12;1-2/h4-8,19H,1-3H3,(H2,17,18);1-2H3. The number of benzene rings is 1. The molecule has 0 aliphatic heterocycles. The fourth-order valence-corrected chi connectivity index (χ4v) is 2.01. The third-order valence-corrected chi connectivity index (χ3v) is 3.29. The second-order valence-electron chi connectivity index (χ2n) is 5.56. The normalized spacial score (nSPS) is 10.8. The summed E-state index contributed by atoms with van der Waals surface area (Å²) in [7, 11) is 0. The number of nitrogens with zero attached hydrogens (tertiary/aromatic N) is 1. The Morgan fingerprint density at radius 1 is 1.10 bits per heavy atom. The zero-order valence-electron chi connectivity index (χ0n) is 13.2. The van der Waals surface area contributed by atoms with E-state index < -0.39 is 0 Å². The molecule has 0 radical (unpaired) electrons. The summed E-state index contributed by atoms with van der Waals surface area (Å²) in [5.41, 5.74) is 8.84. The number of aromatic nitrogens is 1. The van der Waals surface area contributed by atoms with E-state index in [0.29, 0.717) is 5.69 Å². The van der Waals surface area contributed by atoms with E-state index >= 15 is 0 Å².